The van der Waals surface area contributed by atoms with Crippen LogP contribution in [0.1, 0.15) is 0 Å². The lowest BCUT2D eigenvalue weighted by Crippen LogP contribution is -2.20. The highest BCUT2D eigenvalue weighted by Crippen LogP contribution is 2.30. The Labute approximate surface area is 175 Å². The molecule has 0 radical (unpaired) electrons. The van der Waals surface area contributed by atoms with Gasteiger partial charge in [-0.15, -0.1) is 0 Å². The average molecular weight is 421 g/mol. The van der Waals surface area contributed by atoms with E-state index in [9.17, 15) is 14.0 Å². The van der Waals surface area contributed by atoms with E-state index in [1.807, 2.05) is 0 Å². The van der Waals surface area contributed by atoms with E-state index in [2.05, 4.69) is 35.9 Å². The second kappa shape index (κ2) is 8.53. The van der Waals surface area contributed by atoms with Crippen LogP contribution in [0, 0.1) is 5.82 Å². The number of Topliss-reactive ketones (excluding diaryl/α,β-unsaturated/α-hetero) is 1. The van der Waals surface area contributed by atoms with Gasteiger partial charge >= 0.3 is 0 Å². The van der Waals surface area contributed by atoms with Crippen molar-refractivity contribution in [3.63, 3.8) is 0 Å². The zero-order chi connectivity index (χ0) is 21.8. The maximum atomic E-state index is 14.3. The number of anilines is 3. The maximum Gasteiger partial charge on any atom is 0.244 e. The Morgan fingerprint density at radius 3 is 2.97 bits per heavy atom. The number of aliphatic imine (C=N–C) groups is 1. The Morgan fingerprint density at radius 2 is 2.13 bits per heavy atom. The molecule has 1 amide bonds. The summed E-state index contributed by atoms with van der Waals surface area (Å²) in [5, 5.41) is 7.93. The predicted octanol–water partition coefficient (Wildman–Crippen LogP) is 1.96. The molecule has 3 N–H and O–H groups in total. The molecule has 31 heavy (non-hydrogen) atoms. The number of halogens is 1. The molecule has 0 atom stereocenters. The topological polar surface area (TPSA) is 130 Å². The Kier molecular flexibility index (Phi) is 5.47. The summed E-state index contributed by atoms with van der Waals surface area (Å²) in [6, 6.07) is 3.26. The van der Waals surface area contributed by atoms with E-state index in [0.717, 1.165) is 6.20 Å². The van der Waals surface area contributed by atoms with Crippen LogP contribution in [-0.4, -0.2) is 46.5 Å². The van der Waals surface area contributed by atoms with Crippen LogP contribution >= 0.6 is 0 Å². The second-order valence-electron chi connectivity index (χ2n) is 6.26. The molecule has 156 valence electrons. The minimum Gasteiger partial charge on any atom is -0.484 e. The fourth-order valence-corrected chi connectivity index (χ4v) is 2.70. The minimum absolute atomic E-state index is 0.0163. The van der Waals surface area contributed by atoms with Crippen molar-refractivity contribution in [1.29, 1.82) is 0 Å². The van der Waals surface area contributed by atoms with Crippen LogP contribution in [0.25, 0.3) is 0 Å². The number of carbonyl (C=O) groups excluding carboxylic acids is 2. The number of allylic oxidation sites excluding steroid dienone is 4. The van der Waals surface area contributed by atoms with E-state index in [1.165, 1.54) is 25.3 Å². The molecule has 0 spiro atoms. The molecular weight excluding hydrogens is 405 g/mol. The van der Waals surface area contributed by atoms with Crippen molar-refractivity contribution in [3.05, 3.63) is 59.7 Å². The van der Waals surface area contributed by atoms with Crippen molar-refractivity contribution in [2.75, 3.05) is 24.3 Å². The third kappa shape index (κ3) is 4.45. The molecular formula is C20H16FN7O3. The Balaban J connectivity index is 1.53. The summed E-state index contributed by atoms with van der Waals surface area (Å²) in [6.45, 7) is 0.362. The number of hydrogen-bond donors (Lipinski definition) is 3. The Bertz CT molecular complexity index is 1190. The minimum atomic E-state index is -0.714. The quantitative estimate of drug-likeness (QED) is 0.625. The van der Waals surface area contributed by atoms with Gasteiger partial charge in [0.15, 0.2) is 23.2 Å². The van der Waals surface area contributed by atoms with Gasteiger partial charge in [-0.05, 0) is 18.2 Å². The van der Waals surface area contributed by atoms with E-state index in [0.29, 0.717) is 24.0 Å². The number of amides is 1. The Hall–Kier alpha value is -4.41. The first-order valence-corrected chi connectivity index (χ1v) is 9.13. The number of nitrogens with one attached hydrogen (secondary N) is 3. The summed E-state index contributed by atoms with van der Waals surface area (Å²) >= 11 is 0. The summed E-state index contributed by atoms with van der Waals surface area (Å²) in [5.74, 6) is -0.526. The number of rotatable bonds is 5. The molecule has 0 saturated carbocycles. The first-order valence-electron chi connectivity index (χ1n) is 9.13. The van der Waals surface area contributed by atoms with Gasteiger partial charge < -0.3 is 20.7 Å². The lowest BCUT2D eigenvalue weighted by atomic mass is 10.0. The van der Waals surface area contributed by atoms with Crippen LogP contribution in [-0.2, 0) is 9.59 Å². The molecule has 0 fully saturated rings. The highest BCUT2D eigenvalue weighted by atomic mass is 19.1. The predicted molar refractivity (Wildman–Crippen MR) is 111 cm³/mol. The molecule has 1 aliphatic carbocycles. The van der Waals surface area contributed by atoms with E-state index in [1.54, 1.807) is 24.4 Å². The fourth-order valence-electron chi connectivity index (χ4n) is 2.70. The lowest BCUT2D eigenvalue weighted by Gasteiger charge is -2.14. The van der Waals surface area contributed by atoms with Crippen molar-refractivity contribution in [2.45, 2.75) is 0 Å². The summed E-state index contributed by atoms with van der Waals surface area (Å²) < 4.78 is 19.6. The average Bonchev–Trinajstić information content (AvgIpc) is 2.78. The molecule has 2 aromatic rings. The van der Waals surface area contributed by atoms with Crippen LogP contribution in [0.15, 0.2) is 58.9 Å². The molecule has 0 bridgehead atoms. The SMILES string of the molecule is CNC(=O)C=C1C=CC=C(Nc2ncc(F)c(Nc3ccc4c(n3)N=CCO4)n2)C1=O. The highest BCUT2D eigenvalue weighted by molar-refractivity contribution is 6.15. The second-order valence-corrected chi connectivity index (χ2v) is 6.26. The number of carbonyl (C=O) groups is 2. The molecule has 0 unspecified atom stereocenters. The fraction of sp³-hybridized carbons (Fsp3) is 0.100. The Morgan fingerprint density at radius 1 is 1.26 bits per heavy atom. The molecule has 4 rings (SSSR count). The molecule has 2 aliphatic rings. The van der Waals surface area contributed by atoms with Crippen LogP contribution in [0.3, 0.4) is 0 Å². The molecule has 0 aromatic carbocycles. The van der Waals surface area contributed by atoms with Gasteiger partial charge in [0.1, 0.15) is 12.4 Å². The van der Waals surface area contributed by atoms with Gasteiger partial charge in [0, 0.05) is 24.9 Å². The molecule has 2 aromatic heterocycles. The van der Waals surface area contributed by atoms with Crippen molar-refractivity contribution in [1.82, 2.24) is 20.3 Å². The lowest BCUT2D eigenvalue weighted by molar-refractivity contribution is -0.117. The first-order chi connectivity index (χ1) is 15.0. The normalized spacial score (nSPS) is 15.7. The number of nitrogens with zero attached hydrogens (tertiary/aromatic N) is 4. The van der Waals surface area contributed by atoms with Gasteiger partial charge in [0.2, 0.25) is 17.6 Å². The van der Waals surface area contributed by atoms with E-state index >= 15 is 0 Å². The number of ketones is 1. The van der Waals surface area contributed by atoms with Gasteiger partial charge in [-0.3, -0.25) is 9.59 Å². The molecule has 1 aliphatic heterocycles. The molecule has 0 saturated heterocycles. The van der Waals surface area contributed by atoms with Crippen LogP contribution in [0.5, 0.6) is 5.75 Å². The summed E-state index contributed by atoms with van der Waals surface area (Å²) in [5.41, 5.74) is 0.319. The zero-order valence-corrected chi connectivity index (χ0v) is 16.2. The van der Waals surface area contributed by atoms with Gasteiger partial charge in [-0.1, -0.05) is 12.2 Å². The van der Waals surface area contributed by atoms with Gasteiger partial charge in [0.05, 0.1) is 11.9 Å². The number of fused-ring (bicyclic) bond motifs is 1. The number of ether oxygens (including phenoxy) is 1. The molecule has 3 heterocycles. The number of likely N-dealkylation sites (N-methyl/N-ethyl adjacent to an activating group) is 1. The molecule has 10 nitrogen and oxygen atoms in total. The van der Waals surface area contributed by atoms with Crippen molar-refractivity contribution < 1.29 is 18.7 Å². The summed E-state index contributed by atoms with van der Waals surface area (Å²) in [6.07, 6.45) is 8.33. The van der Waals surface area contributed by atoms with Crippen molar-refractivity contribution >= 4 is 41.3 Å². The van der Waals surface area contributed by atoms with Gasteiger partial charge in [-0.25, -0.2) is 19.4 Å². The van der Waals surface area contributed by atoms with Gasteiger partial charge in [0.25, 0.3) is 0 Å². The van der Waals surface area contributed by atoms with Crippen LogP contribution < -0.4 is 20.7 Å². The third-order valence-corrected chi connectivity index (χ3v) is 4.18. The van der Waals surface area contributed by atoms with Crippen LogP contribution in [0.2, 0.25) is 0 Å². The summed E-state index contributed by atoms with van der Waals surface area (Å²) in [7, 11) is 1.46. The van der Waals surface area contributed by atoms with Crippen LogP contribution in [0.4, 0.5) is 27.8 Å². The smallest absolute Gasteiger partial charge is 0.244 e. The van der Waals surface area contributed by atoms with E-state index in [-0.39, 0.29) is 23.0 Å². The first kappa shape index (κ1) is 19.9. The summed E-state index contributed by atoms with van der Waals surface area (Å²) in [4.78, 5) is 40.4. The number of pyridine rings is 1. The van der Waals surface area contributed by atoms with Crippen molar-refractivity contribution in [3.8, 4) is 5.75 Å². The monoisotopic (exact) mass is 421 g/mol. The maximum absolute atomic E-state index is 14.3. The number of aromatic nitrogens is 3. The van der Waals surface area contributed by atoms with E-state index < -0.39 is 17.5 Å². The standard InChI is InChI=1S/C20H16FN7O3/c1-22-16(29)9-11-3-2-4-13(17(11)30)25-20-24-10-12(21)18(28-20)26-15-6-5-14-19(27-15)23-7-8-31-14/h2-7,9-10H,8H2,1H3,(H,22,29)(H2,24,25,26,27,28). The molecule has 11 heteroatoms. The van der Waals surface area contributed by atoms with Crippen molar-refractivity contribution in [2.24, 2.45) is 4.99 Å². The van der Waals surface area contributed by atoms with E-state index in [4.69, 9.17) is 4.74 Å². The van der Waals surface area contributed by atoms with Gasteiger partial charge in [-0.2, -0.15) is 4.98 Å². The highest BCUT2D eigenvalue weighted by Gasteiger charge is 2.19. The largest absolute Gasteiger partial charge is 0.484 e. The zero-order valence-electron chi connectivity index (χ0n) is 16.2. The third-order valence-electron chi connectivity index (χ3n) is 4.18. The number of hydrogen-bond acceptors (Lipinski definition) is 9.